The molecule has 1 fully saturated rings. The lowest BCUT2D eigenvalue weighted by Gasteiger charge is -2.21. The van der Waals surface area contributed by atoms with Crippen molar-refractivity contribution in [3.63, 3.8) is 0 Å². The van der Waals surface area contributed by atoms with Crippen molar-refractivity contribution < 1.29 is 23.2 Å². The molecule has 8 nitrogen and oxygen atoms in total. The zero-order valence-corrected chi connectivity index (χ0v) is 12.6. The molecule has 1 atom stereocenters. The van der Waals surface area contributed by atoms with Crippen LogP contribution < -0.4 is 0 Å². The summed E-state index contributed by atoms with van der Waals surface area (Å²) in [5, 5.41) is 19.7. The number of nitro benzene ring substituents is 1. The van der Waals surface area contributed by atoms with Crippen LogP contribution in [-0.4, -0.2) is 46.4 Å². The van der Waals surface area contributed by atoms with Crippen molar-refractivity contribution in [3.05, 3.63) is 33.9 Å². The first-order valence-electron chi connectivity index (χ1n) is 5.82. The Bertz CT molecular complexity index is 703. The standard InChI is InChI=1S/C11H12N2O6S2/c1-7-4-8(13(16)17)2-3-10(7)21(18,19)12-6-20-5-9(12)11(14)15/h2-4,9H,5-6H2,1H3,(H,14,15)/t9-/m0/s1. The van der Waals surface area contributed by atoms with Gasteiger partial charge in [-0.1, -0.05) is 0 Å². The summed E-state index contributed by atoms with van der Waals surface area (Å²) in [5.74, 6) is -0.973. The molecule has 1 aliphatic rings. The Labute approximate surface area is 125 Å². The summed E-state index contributed by atoms with van der Waals surface area (Å²) in [6.07, 6.45) is 0. The van der Waals surface area contributed by atoms with Gasteiger partial charge in [0.15, 0.2) is 0 Å². The molecular formula is C11H12N2O6S2. The average molecular weight is 332 g/mol. The number of aliphatic carboxylic acids is 1. The van der Waals surface area contributed by atoms with Crippen LogP contribution >= 0.6 is 11.8 Å². The predicted molar refractivity (Wildman–Crippen MR) is 75.6 cm³/mol. The number of benzene rings is 1. The van der Waals surface area contributed by atoms with Crippen molar-refractivity contribution in [2.45, 2.75) is 17.9 Å². The van der Waals surface area contributed by atoms with E-state index < -0.39 is 27.0 Å². The monoisotopic (exact) mass is 332 g/mol. The molecule has 0 spiro atoms. The minimum Gasteiger partial charge on any atom is -0.480 e. The van der Waals surface area contributed by atoms with E-state index in [1.165, 1.54) is 18.7 Å². The van der Waals surface area contributed by atoms with Gasteiger partial charge in [-0.2, -0.15) is 4.31 Å². The van der Waals surface area contributed by atoms with Crippen molar-refractivity contribution in [1.29, 1.82) is 0 Å². The molecule has 0 aromatic heterocycles. The van der Waals surface area contributed by atoms with Crippen molar-refractivity contribution in [3.8, 4) is 0 Å². The van der Waals surface area contributed by atoms with E-state index in [0.717, 1.165) is 22.5 Å². The van der Waals surface area contributed by atoms with Crippen LogP contribution in [0.3, 0.4) is 0 Å². The molecule has 1 aromatic rings. The predicted octanol–water partition coefficient (Wildman–Crippen LogP) is 1.05. The van der Waals surface area contributed by atoms with Gasteiger partial charge < -0.3 is 5.11 Å². The highest BCUT2D eigenvalue weighted by Gasteiger charge is 2.40. The number of thioether (sulfide) groups is 1. The van der Waals surface area contributed by atoms with E-state index in [-0.39, 0.29) is 27.8 Å². The molecule has 1 aliphatic heterocycles. The maximum atomic E-state index is 12.5. The highest BCUT2D eigenvalue weighted by atomic mass is 32.2. The summed E-state index contributed by atoms with van der Waals surface area (Å²) >= 11 is 1.21. The molecule has 1 heterocycles. The van der Waals surface area contributed by atoms with Crippen LogP contribution in [0.4, 0.5) is 5.69 Å². The Kier molecular flexibility index (Phi) is 4.21. The van der Waals surface area contributed by atoms with Gasteiger partial charge in [0.05, 0.1) is 15.7 Å². The number of nitro groups is 1. The van der Waals surface area contributed by atoms with Gasteiger partial charge in [-0.15, -0.1) is 11.8 Å². The Morgan fingerprint density at radius 2 is 2.19 bits per heavy atom. The molecule has 0 aliphatic carbocycles. The van der Waals surface area contributed by atoms with Crippen LogP contribution in [0.2, 0.25) is 0 Å². The van der Waals surface area contributed by atoms with Crippen molar-refractivity contribution in [2.75, 3.05) is 11.6 Å². The number of hydrogen-bond donors (Lipinski definition) is 1. The fourth-order valence-corrected chi connectivity index (χ4v) is 5.36. The first kappa shape index (κ1) is 15.7. The Morgan fingerprint density at radius 1 is 1.52 bits per heavy atom. The number of sulfonamides is 1. The fraction of sp³-hybridized carbons (Fsp3) is 0.364. The number of rotatable bonds is 4. The number of carbonyl (C=O) groups is 1. The summed E-state index contributed by atoms with van der Waals surface area (Å²) in [6, 6.07) is 2.28. The molecule has 0 bridgehead atoms. The lowest BCUT2D eigenvalue weighted by Crippen LogP contribution is -2.41. The largest absolute Gasteiger partial charge is 0.480 e. The van der Waals surface area contributed by atoms with Crippen LogP contribution in [0, 0.1) is 17.0 Å². The van der Waals surface area contributed by atoms with Crippen molar-refractivity contribution >= 4 is 33.4 Å². The number of carboxylic acids is 1. The number of aryl methyl sites for hydroxylation is 1. The van der Waals surface area contributed by atoms with Gasteiger partial charge in [0.25, 0.3) is 5.69 Å². The second-order valence-electron chi connectivity index (χ2n) is 4.45. The van der Waals surface area contributed by atoms with E-state index in [9.17, 15) is 23.3 Å². The zero-order chi connectivity index (χ0) is 15.8. The van der Waals surface area contributed by atoms with Crippen molar-refractivity contribution in [1.82, 2.24) is 4.31 Å². The van der Waals surface area contributed by atoms with Gasteiger partial charge in [-0.3, -0.25) is 14.9 Å². The summed E-state index contributed by atoms with van der Waals surface area (Å²) in [4.78, 5) is 21.1. The van der Waals surface area contributed by atoms with E-state index >= 15 is 0 Å². The highest BCUT2D eigenvalue weighted by Crippen LogP contribution is 2.31. The molecule has 0 unspecified atom stereocenters. The van der Waals surface area contributed by atoms with E-state index in [0.29, 0.717) is 0 Å². The zero-order valence-electron chi connectivity index (χ0n) is 10.9. The average Bonchev–Trinajstić information content (AvgIpc) is 2.88. The second-order valence-corrected chi connectivity index (χ2v) is 7.31. The van der Waals surface area contributed by atoms with Gasteiger partial charge in [-0.05, 0) is 18.6 Å². The lowest BCUT2D eigenvalue weighted by atomic mass is 10.2. The van der Waals surface area contributed by atoms with E-state index in [2.05, 4.69) is 0 Å². The van der Waals surface area contributed by atoms with Crippen LogP contribution in [0.1, 0.15) is 5.56 Å². The number of carboxylic acid groups (broad SMARTS) is 1. The first-order chi connectivity index (χ1) is 9.75. The quantitative estimate of drug-likeness (QED) is 0.646. The van der Waals surface area contributed by atoms with Crippen LogP contribution in [0.25, 0.3) is 0 Å². The van der Waals surface area contributed by atoms with Crippen LogP contribution in [-0.2, 0) is 14.8 Å². The van der Waals surface area contributed by atoms with E-state index in [4.69, 9.17) is 5.11 Å². The van der Waals surface area contributed by atoms with Crippen molar-refractivity contribution in [2.24, 2.45) is 0 Å². The van der Waals surface area contributed by atoms with Crippen LogP contribution in [0.5, 0.6) is 0 Å². The molecular weight excluding hydrogens is 320 g/mol. The normalized spacial score (nSPS) is 19.6. The Morgan fingerprint density at radius 3 is 2.71 bits per heavy atom. The molecule has 1 aromatic carbocycles. The van der Waals surface area contributed by atoms with Crippen LogP contribution in [0.15, 0.2) is 23.1 Å². The molecule has 10 heteroatoms. The molecule has 1 N–H and O–H groups in total. The summed E-state index contributed by atoms with van der Waals surface area (Å²) in [6.45, 7) is 1.44. The molecule has 21 heavy (non-hydrogen) atoms. The third-order valence-electron chi connectivity index (χ3n) is 3.08. The smallest absolute Gasteiger partial charge is 0.322 e. The second kappa shape index (κ2) is 5.62. The third-order valence-corrected chi connectivity index (χ3v) is 6.27. The van der Waals surface area contributed by atoms with E-state index in [1.807, 2.05) is 0 Å². The topological polar surface area (TPSA) is 118 Å². The SMILES string of the molecule is Cc1cc([N+](=O)[O-])ccc1S(=O)(=O)N1CSC[C@H]1C(=O)O. The number of hydrogen-bond acceptors (Lipinski definition) is 6. The molecule has 0 saturated carbocycles. The molecule has 0 radical (unpaired) electrons. The minimum atomic E-state index is -4.00. The summed E-state index contributed by atoms with van der Waals surface area (Å²) in [7, 11) is -4.00. The van der Waals surface area contributed by atoms with Gasteiger partial charge in [0.1, 0.15) is 6.04 Å². The number of non-ortho nitro benzene ring substituents is 1. The maximum absolute atomic E-state index is 12.5. The van der Waals surface area contributed by atoms with Gasteiger partial charge in [-0.25, -0.2) is 8.42 Å². The van der Waals surface area contributed by atoms with Gasteiger partial charge >= 0.3 is 5.97 Å². The molecule has 2 rings (SSSR count). The lowest BCUT2D eigenvalue weighted by molar-refractivity contribution is -0.385. The number of nitrogens with zero attached hydrogens (tertiary/aromatic N) is 2. The third kappa shape index (κ3) is 2.87. The van der Waals surface area contributed by atoms with Gasteiger partial charge in [0.2, 0.25) is 10.0 Å². The summed E-state index contributed by atoms with van der Waals surface area (Å²) < 4.78 is 26.0. The molecule has 114 valence electrons. The molecule has 0 amide bonds. The first-order valence-corrected chi connectivity index (χ1v) is 8.42. The van der Waals surface area contributed by atoms with E-state index in [1.54, 1.807) is 0 Å². The molecule has 1 saturated heterocycles. The fourth-order valence-electron chi connectivity index (χ4n) is 2.02. The highest BCUT2D eigenvalue weighted by molar-refractivity contribution is 8.00. The minimum absolute atomic E-state index is 0.0513. The maximum Gasteiger partial charge on any atom is 0.322 e. The Hall–Kier alpha value is -1.65. The Balaban J connectivity index is 2.45. The van der Waals surface area contributed by atoms with Gasteiger partial charge in [0, 0.05) is 17.9 Å². The summed E-state index contributed by atoms with van der Waals surface area (Å²) in [5.41, 5.74) is 0.00210.